The van der Waals surface area contributed by atoms with Crippen molar-refractivity contribution in [3.63, 3.8) is 0 Å². The second-order valence-corrected chi connectivity index (χ2v) is 10.8. The molecule has 12 heteroatoms. The molecule has 0 bridgehead atoms. The maximum absolute atomic E-state index is 13.3. The van der Waals surface area contributed by atoms with Gasteiger partial charge in [-0.2, -0.15) is 4.31 Å². The summed E-state index contributed by atoms with van der Waals surface area (Å²) in [5, 5.41) is 8.22. The largest absolute Gasteiger partial charge is 0.480 e. The zero-order chi connectivity index (χ0) is 25.3. The Morgan fingerprint density at radius 3 is 2.31 bits per heavy atom. The van der Waals surface area contributed by atoms with Crippen LogP contribution in [0.15, 0.2) is 64.0 Å². The van der Waals surface area contributed by atoms with Crippen molar-refractivity contribution in [2.45, 2.75) is 16.3 Å². The topological polar surface area (TPSA) is 130 Å². The maximum atomic E-state index is 13.3. The van der Waals surface area contributed by atoms with E-state index in [9.17, 15) is 23.1 Å². The zero-order valence-corrected chi connectivity index (χ0v) is 20.7. The number of nitrogens with zero attached hydrogens (tertiary/aromatic N) is 3. The summed E-state index contributed by atoms with van der Waals surface area (Å²) >= 11 is 0.908. The first kappa shape index (κ1) is 24.8. The average molecular weight is 518 g/mol. The Labute approximate surface area is 206 Å². The number of aromatic nitrogens is 1. The number of thioether (sulfide) groups is 1. The molecule has 3 aromatic rings. The van der Waals surface area contributed by atoms with E-state index in [0.29, 0.717) is 21.5 Å². The Hall–Kier alpha value is -3.35. The highest BCUT2D eigenvalue weighted by Gasteiger charge is 2.50. The highest BCUT2D eigenvalue weighted by Crippen LogP contribution is 2.36. The predicted octanol–water partition coefficient (Wildman–Crippen LogP) is 2.76. The van der Waals surface area contributed by atoms with Crippen molar-refractivity contribution in [2.75, 3.05) is 31.9 Å². The van der Waals surface area contributed by atoms with Crippen LogP contribution < -0.4 is 4.90 Å². The molecule has 1 aliphatic heterocycles. The summed E-state index contributed by atoms with van der Waals surface area (Å²) in [6.07, 6.45) is 1.59. The predicted molar refractivity (Wildman–Crippen MR) is 130 cm³/mol. The zero-order valence-electron chi connectivity index (χ0n) is 19.1. The van der Waals surface area contributed by atoms with Gasteiger partial charge in [0.1, 0.15) is 6.04 Å². The molecule has 0 amide bonds. The van der Waals surface area contributed by atoms with Crippen molar-refractivity contribution in [2.24, 2.45) is 0 Å². The first-order valence-corrected chi connectivity index (χ1v) is 12.9. The molecule has 0 saturated carbocycles. The van der Waals surface area contributed by atoms with E-state index < -0.39 is 33.4 Å². The molecule has 10 nitrogen and oxygen atoms in total. The van der Waals surface area contributed by atoms with E-state index in [1.807, 2.05) is 43.3 Å². The van der Waals surface area contributed by atoms with Crippen LogP contribution in [0.4, 0.5) is 5.69 Å². The minimum atomic E-state index is -4.31. The summed E-state index contributed by atoms with van der Waals surface area (Å²) in [6.45, 7) is 0. The first-order valence-electron chi connectivity index (χ1n) is 10.4. The second kappa shape index (κ2) is 9.72. The number of aliphatic carboxylic acids is 1. The number of esters is 1. The van der Waals surface area contributed by atoms with Gasteiger partial charge >= 0.3 is 11.9 Å². The van der Waals surface area contributed by atoms with Crippen LogP contribution in [-0.2, 0) is 24.3 Å². The van der Waals surface area contributed by atoms with Crippen molar-refractivity contribution in [1.82, 2.24) is 9.29 Å². The fourth-order valence-corrected chi connectivity index (χ4v) is 6.97. The number of anilines is 1. The third-order valence-electron chi connectivity index (χ3n) is 5.49. The van der Waals surface area contributed by atoms with Gasteiger partial charge in [0.15, 0.2) is 11.1 Å². The fourth-order valence-electron chi connectivity index (χ4n) is 3.60. The minimum absolute atomic E-state index is 0.0684. The lowest BCUT2D eigenvalue weighted by Crippen LogP contribution is -2.48. The maximum Gasteiger partial charge on any atom is 0.334 e. The van der Waals surface area contributed by atoms with Gasteiger partial charge in [0.05, 0.1) is 18.2 Å². The molecule has 1 aliphatic rings. The van der Waals surface area contributed by atoms with E-state index in [1.54, 1.807) is 6.20 Å². The summed E-state index contributed by atoms with van der Waals surface area (Å²) in [4.78, 5) is 29.9. The van der Waals surface area contributed by atoms with Gasteiger partial charge in [-0.05, 0) is 48.5 Å². The SMILES string of the molecule is COC(=O)C1SCC(C(=O)O)N1S(=O)(=O)c1ccc(-c2ncc(-c3ccc(N(C)C)cc3)o2)cc1. The molecular formula is C23H23N3O7S2. The standard InChI is InChI=1S/C23H23N3O7S2/c1-25(2)16-8-4-14(5-9-16)19-12-24-20(33-19)15-6-10-17(11-7-15)35(30,31)26-18(22(27)28)13-34-21(26)23(29)32-3/h4-12,18,21H,13H2,1-3H3,(H,27,28). The molecule has 2 heterocycles. The van der Waals surface area contributed by atoms with Crippen LogP contribution in [0, 0.1) is 0 Å². The van der Waals surface area contributed by atoms with Crippen LogP contribution in [0.25, 0.3) is 22.8 Å². The summed E-state index contributed by atoms with van der Waals surface area (Å²) < 4.78 is 37.8. The summed E-state index contributed by atoms with van der Waals surface area (Å²) in [5.41, 5.74) is 2.42. The number of rotatable bonds is 7. The van der Waals surface area contributed by atoms with Gasteiger partial charge in [-0.25, -0.2) is 18.2 Å². The number of methoxy groups -OCH3 is 1. The van der Waals surface area contributed by atoms with Crippen LogP contribution in [0.1, 0.15) is 0 Å². The number of ether oxygens (including phenoxy) is 1. The molecule has 2 aromatic carbocycles. The van der Waals surface area contributed by atoms with E-state index in [0.717, 1.165) is 30.1 Å². The van der Waals surface area contributed by atoms with Crippen molar-refractivity contribution >= 4 is 39.4 Å². The molecule has 1 fully saturated rings. The molecule has 2 unspecified atom stereocenters. The van der Waals surface area contributed by atoms with E-state index in [-0.39, 0.29) is 10.6 Å². The molecule has 0 aliphatic carbocycles. The number of hydrogen-bond acceptors (Lipinski definition) is 9. The van der Waals surface area contributed by atoms with Gasteiger partial charge in [-0.15, -0.1) is 11.8 Å². The van der Waals surface area contributed by atoms with Gasteiger partial charge in [-0.3, -0.25) is 4.79 Å². The molecule has 1 N–H and O–H groups in total. The van der Waals surface area contributed by atoms with Crippen LogP contribution in [0.2, 0.25) is 0 Å². The van der Waals surface area contributed by atoms with E-state index in [2.05, 4.69) is 9.72 Å². The van der Waals surface area contributed by atoms with Gasteiger partial charge < -0.3 is 19.2 Å². The summed E-state index contributed by atoms with van der Waals surface area (Å²) in [5.74, 6) is -1.38. The van der Waals surface area contributed by atoms with Gasteiger partial charge in [0.2, 0.25) is 15.9 Å². The molecule has 0 radical (unpaired) electrons. The Bertz CT molecular complexity index is 1340. The van der Waals surface area contributed by atoms with Crippen molar-refractivity contribution in [1.29, 1.82) is 0 Å². The lowest BCUT2D eigenvalue weighted by molar-refractivity contribution is -0.144. The molecule has 2 atom stereocenters. The monoisotopic (exact) mass is 517 g/mol. The van der Waals surface area contributed by atoms with E-state index in [4.69, 9.17) is 4.42 Å². The Balaban J connectivity index is 1.60. The Kier molecular flexibility index (Phi) is 6.88. The molecule has 1 saturated heterocycles. The molecule has 4 rings (SSSR count). The highest BCUT2D eigenvalue weighted by atomic mass is 32.2. The summed E-state index contributed by atoms with van der Waals surface area (Å²) in [7, 11) is 0.713. The second-order valence-electron chi connectivity index (χ2n) is 7.89. The molecular weight excluding hydrogens is 494 g/mol. The van der Waals surface area contributed by atoms with Crippen LogP contribution in [-0.4, -0.2) is 73.1 Å². The van der Waals surface area contributed by atoms with Crippen molar-refractivity contribution in [3.8, 4) is 22.8 Å². The van der Waals surface area contributed by atoms with Crippen LogP contribution in [0.5, 0.6) is 0 Å². The third-order valence-corrected chi connectivity index (χ3v) is 8.75. The van der Waals surface area contributed by atoms with Crippen LogP contribution in [0.3, 0.4) is 0 Å². The van der Waals surface area contributed by atoms with Gasteiger partial charge in [0.25, 0.3) is 0 Å². The first-order chi connectivity index (χ1) is 16.6. The van der Waals surface area contributed by atoms with E-state index >= 15 is 0 Å². The molecule has 0 spiro atoms. The smallest absolute Gasteiger partial charge is 0.334 e. The number of benzene rings is 2. The number of carbonyl (C=O) groups excluding carboxylic acids is 1. The molecule has 35 heavy (non-hydrogen) atoms. The fraction of sp³-hybridized carbons (Fsp3) is 0.261. The number of carbonyl (C=O) groups is 2. The lowest BCUT2D eigenvalue weighted by Gasteiger charge is -2.24. The van der Waals surface area contributed by atoms with E-state index in [1.165, 1.54) is 24.3 Å². The number of carboxylic acid groups (broad SMARTS) is 1. The minimum Gasteiger partial charge on any atom is -0.480 e. The number of carboxylic acids is 1. The third kappa shape index (κ3) is 4.77. The quantitative estimate of drug-likeness (QED) is 0.467. The molecule has 184 valence electrons. The lowest BCUT2D eigenvalue weighted by atomic mass is 10.1. The number of sulfonamides is 1. The Morgan fingerprint density at radius 2 is 1.74 bits per heavy atom. The number of hydrogen-bond donors (Lipinski definition) is 1. The van der Waals surface area contributed by atoms with Gasteiger partial charge in [-0.1, -0.05) is 0 Å². The van der Waals surface area contributed by atoms with Crippen molar-refractivity contribution < 1.29 is 32.3 Å². The Morgan fingerprint density at radius 1 is 1.11 bits per heavy atom. The van der Waals surface area contributed by atoms with Crippen molar-refractivity contribution in [3.05, 3.63) is 54.7 Å². The molecule has 1 aromatic heterocycles. The van der Waals surface area contributed by atoms with Crippen LogP contribution >= 0.6 is 11.8 Å². The normalized spacial score (nSPS) is 18.4. The number of oxazole rings is 1. The highest BCUT2D eigenvalue weighted by molar-refractivity contribution is 8.02. The van der Waals surface area contributed by atoms with Gasteiger partial charge in [0, 0.05) is 36.7 Å². The summed E-state index contributed by atoms with van der Waals surface area (Å²) in [6, 6.07) is 12.1. The average Bonchev–Trinajstić information content (AvgIpc) is 3.52.